The molecule has 0 aliphatic carbocycles. The summed E-state index contributed by atoms with van der Waals surface area (Å²) < 4.78 is 3.82. The average Bonchev–Trinajstić information content (AvgIpc) is 3.39. The fraction of sp³-hybridized carbons (Fsp3) is 0.130. The first kappa shape index (κ1) is 17.3. The SMILES string of the molecule is CCn1ncc(-c2ncnc3cc(-c4cnn(C)c4)ccc23)c1-c1ccccc1. The van der Waals surface area contributed by atoms with Gasteiger partial charge in [-0.1, -0.05) is 36.4 Å². The number of aryl methyl sites for hydroxylation is 2. The van der Waals surface area contributed by atoms with Gasteiger partial charge in [-0.15, -0.1) is 0 Å². The molecule has 6 nitrogen and oxygen atoms in total. The van der Waals surface area contributed by atoms with E-state index in [1.54, 1.807) is 11.0 Å². The second kappa shape index (κ2) is 6.98. The van der Waals surface area contributed by atoms with Gasteiger partial charge in [-0.3, -0.25) is 9.36 Å². The highest BCUT2D eigenvalue weighted by Gasteiger charge is 2.17. The average molecular weight is 380 g/mol. The van der Waals surface area contributed by atoms with Crippen molar-refractivity contribution in [2.75, 3.05) is 0 Å². The predicted octanol–water partition coefficient (Wildman–Crippen LogP) is 4.58. The largest absolute Gasteiger partial charge is 0.275 e. The summed E-state index contributed by atoms with van der Waals surface area (Å²) in [5.41, 5.74) is 7.16. The Morgan fingerprint density at radius 2 is 1.72 bits per heavy atom. The van der Waals surface area contributed by atoms with E-state index < -0.39 is 0 Å². The van der Waals surface area contributed by atoms with E-state index in [1.807, 2.05) is 48.5 Å². The lowest BCUT2D eigenvalue weighted by Crippen LogP contribution is -1.99. The second-order valence-electron chi connectivity index (χ2n) is 6.95. The van der Waals surface area contributed by atoms with Gasteiger partial charge >= 0.3 is 0 Å². The van der Waals surface area contributed by atoms with Crippen molar-refractivity contribution in [1.82, 2.24) is 29.5 Å². The summed E-state index contributed by atoms with van der Waals surface area (Å²) in [6, 6.07) is 16.6. The van der Waals surface area contributed by atoms with Crippen LogP contribution in [-0.2, 0) is 13.6 Å². The Morgan fingerprint density at radius 1 is 0.862 bits per heavy atom. The van der Waals surface area contributed by atoms with Crippen LogP contribution in [0, 0.1) is 0 Å². The molecule has 0 N–H and O–H groups in total. The lowest BCUT2D eigenvalue weighted by atomic mass is 10.0. The molecule has 0 saturated heterocycles. The third kappa shape index (κ3) is 2.99. The van der Waals surface area contributed by atoms with Gasteiger partial charge < -0.3 is 0 Å². The van der Waals surface area contributed by atoms with Gasteiger partial charge in [0.2, 0.25) is 0 Å². The number of hydrogen-bond acceptors (Lipinski definition) is 4. The quantitative estimate of drug-likeness (QED) is 0.458. The van der Waals surface area contributed by atoms with Crippen LogP contribution in [0.4, 0.5) is 0 Å². The maximum absolute atomic E-state index is 4.64. The third-order valence-corrected chi connectivity index (χ3v) is 5.12. The summed E-state index contributed by atoms with van der Waals surface area (Å²) in [4.78, 5) is 9.16. The van der Waals surface area contributed by atoms with Crippen molar-refractivity contribution in [2.24, 2.45) is 7.05 Å². The van der Waals surface area contributed by atoms with E-state index in [0.29, 0.717) is 0 Å². The number of nitrogens with zero attached hydrogens (tertiary/aromatic N) is 6. The topological polar surface area (TPSA) is 61.4 Å². The first-order valence-electron chi connectivity index (χ1n) is 9.60. The molecule has 3 heterocycles. The zero-order chi connectivity index (χ0) is 19.8. The molecule has 0 bridgehead atoms. The van der Waals surface area contributed by atoms with Crippen molar-refractivity contribution >= 4 is 10.9 Å². The van der Waals surface area contributed by atoms with Crippen LogP contribution in [0.1, 0.15) is 6.92 Å². The maximum Gasteiger partial charge on any atom is 0.116 e. The van der Waals surface area contributed by atoms with E-state index >= 15 is 0 Å². The Kier molecular flexibility index (Phi) is 4.17. The molecule has 0 unspecified atom stereocenters. The van der Waals surface area contributed by atoms with E-state index in [0.717, 1.165) is 51.1 Å². The van der Waals surface area contributed by atoms with Crippen molar-refractivity contribution < 1.29 is 0 Å². The van der Waals surface area contributed by atoms with Crippen LogP contribution in [0.3, 0.4) is 0 Å². The fourth-order valence-corrected chi connectivity index (χ4v) is 3.72. The summed E-state index contributed by atoms with van der Waals surface area (Å²) in [5, 5.41) is 9.88. The Labute approximate surface area is 168 Å². The minimum atomic E-state index is 0.790. The molecule has 5 aromatic rings. The van der Waals surface area contributed by atoms with Crippen molar-refractivity contribution in [2.45, 2.75) is 13.5 Å². The molecule has 0 saturated carbocycles. The van der Waals surface area contributed by atoms with Gasteiger partial charge in [0.15, 0.2) is 0 Å². The van der Waals surface area contributed by atoms with Crippen molar-refractivity contribution in [3.05, 3.63) is 73.4 Å². The molecular weight excluding hydrogens is 360 g/mol. The van der Waals surface area contributed by atoms with E-state index in [-0.39, 0.29) is 0 Å². The molecule has 0 atom stereocenters. The molecule has 2 aromatic carbocycles. The van der Waals surface area contributed by atoms with Crippen molar-refractivity contribution in [1.29, 1.82) is 0 Å². The first-order valence-corrected chi connectivity index (χ1v) is 9.60. The van der Waals surface area contributed by atoms with E-state index in [1.165, 1.54) is 0 Å². The van der Waals surface area contributed by atoms with Gasteiger partial charge in [0.05, 0.1) is 29.3 Å². The van der Waals surface area contributed by atoms with Gasteiger partial charge in [0.1, 0.15) is 6.33 Å². The lowest BCUT2D eigenvalue weighted by molar-refractivity contribution is 0.667. The van der Waals surface area contributed by atoms with Crippen LogP contribution in [-0.4, -0.2) is 29.5 Å². The Balaban J connectivity index is 1.70. The maximum atomic E-state index is 4.64. The van der Waals surface area contributed by atoms with Crippen LogP contribution in [0.15, 0.2) is 73.4 Å². The monoisotopic (exact) mass is 380 g/mol. The summed E-state index contributed by atoms with van der Waals surface area (Å²) in [6.07, 6.45) is 7.40. The van der Waals surface area contributed by atoms with E-state index in [4.69, 9.17) is 0 Å². The zero-order valence-electron chi connectivity index (χ0n) is 16.3. The summed E-state index contributed by atoms with van der Waals surface area (Å²) in [5.74, 6) is 0. The highest BCUT2D eigenvalue weighted by atomic mass is 15.3. The number of benzene rings is 2. The summed E-state index contributed by atoms with van der Waals surface area (Å²) in [6.45, 7) is 2.89. The van der Waals surface area contributed by atoms with Crippen LogP contribution in [0.5, 0.6) is 0 Å². The minimum Gasteiger partial charge on any atom is -0.275 e. The highest BCUT2D eigenvalue weighted by molar-refractivity contribution is 5.97. The smallest absolute Gasteiger partial charge is 0.116 e. The highest BCUT2D eigenvalue weighted by Crippen LogP contribution is 2.35. The van der Waals surface area contributed by atoms with E-state index in [9.17, 15) is 0 Å². The van der Waals surface area contributed by atoms with Crippen LogP contribution < -0.4 is 0 Å². The molecule has 3 aromatic heterocycles. The van der Waals surface area contributed by atoms with Gasteiger partial charge in [-0.05, 0) is 24.6 Å². The van der Waals surface area contributed by atoms with Gasteiger partial charge in [0, 0.05) is 41.9 Å². The molecule has 0 amide bonds. The van der Waals surface area contributed by atoms with Crippen LogP contribution >= 0.6 is 0 Å². The second-order valence-corrected chi connectivity index (χ2v) is 6.95. The van der Waals surface area contributed by atoms with E-state index in [2.05, 4.69) is 57.4 Å². The summed E-state index contributed by atoms with van der Waals surface area (Å²) >= 11 is 0. The third-order valence-electron chi connectivity index (χ3n) is 5.12. The predicted molar refractivity (Wildman–Crippen MR) is 114 cm³/mol. The molecule has 6 heteroatoms. The molecule has 29 heavy (non-hydrogen) atoms. The standard InChI is InChI=1S/C23H20N6/c1-3-29-23(16-7-5-4-6-8-16)20(13-27-29)22-19-10-9-17(11-21(19)24-15-25-22)18-12-26-28(2)14-18/h4-15H,3H2,1-2H3. The normalized spacial score (nSPS) is 11.2. The Bertz CT molecular complexity index is 1300. The molecular formula is C23H20N6. The number of rotatable bonds is 4. The minimum absolute atomic E-state index is 0.790. The van der Waals surface area contributed by atoms with Crippen molar-refractivity contribution in [3.8, 4) is 33.6 Å². The number of hydrogen-bond donors (Lipinski definition) is 0. The van der Waals surface area contributed by atoms with Gasteiger partial charge in [-0.2, -0.15) is 10.2 Å². The number of fused-ring (bicyclic) bond motifs is 1. The van der Waals surface area contributed by atoms with Crippen LogP contribution in [0.25, 0.3) is 44.5 Å². The van der Waals surface area contributed by atoms with Crippen LogP contribution in [0.2, 0.25) is 0 Å². The van der Waals surface area contributed by atoms with Gasteiger partial charge in [0.25, 0.3) is 0 Å². The zero-order valence-corrected chi connectivity index (χ0v) is 16.3. The molecule has 0 fully saturated rings. The molecule has 5 rings (SSSR count). The molecule has 0 spiro atoms. The molecule has 0 radical (unpaired) electrons. The molecule has 0 aliphatic rings. The molecule has 0 aliphatic heterocycles. The van der Waals surface area contributed by atoms with Crippen molar-refractivity contribution in [3.63, 3.8) is 0 Å². The molecule has 142 valence electrons. The fourth-order valence-electron chi connectivity index (χ4n) is 3.72. The summed E-state index contributed by atoms with van der Waals surface area (Å²) in [7, 11) is 1.92. The number of aromatic nitrogens is 6. The first-order chi connectivity index (χ1) is 14.2. The Morgan fingerprint density at radius 3 is 2.48 bits per heavy atom. The lowest BCUT2D eigenvalue weighted by Gasteiger charge is -2.10. The van der Waals surface area contributed by atoms with Gasteiger partial charge in [-0.25, -0.2) is 9.97 Å². The Hall–Kier alpha value is -3.80.